The molecule has 13 heteroatoms. The van der Waals surface area contributed by atoms with E-state index in [0.29, 0.717) is 55.5 Å². The number of hydrogen-bond acceptors (Lipinski definition) is 3. The average molecular weight is 593 g/mol. The number of rotatable bonds is 9. The summed E-state index contributed by atoms with van der Waals surface area (Å²) >= 11 is 0. The molecule has 0 aromatic heterocycles. The Kier molecular flexibility index (Phi) is 8.35. The van der Waals surface area contributed by atoms with E-state index in [-0.39, 0.29) is 17.3 Å². The van der Waals surface area contributed by atoms with Crippen molar-refractivity contribution < 1.29 is 53.5 Å². The summed E-state index contributed by atoms with van der Waals surface area (Å²) in [6.07, 6.45) is -12.9. The molecule has 0 aliphatic heterocycles. The van der Waals surface area contributed by atoms with Crippen LogP contribution in [0.2, 0.25) is 0 Å². The monoisotopic (exact) mass is 593 g/mol. The summed E-state index contributed by atoms with van der Waals surface area (Å²) in [5, 5.41) is 2.58. The third-order valence-corrected chi connectivity index (χ3v) is 6.59. The Bertz CT molecular complexity index is 1400. The van der Waals surface area contributed by atoms with Crippen LogP contribution < -0.4 is 5.32 Å². The number of nitrogens with one attached hydrogen (secondary N) is 1. The number of hydrogen-bond donors (Lipinski definition) is 1. The number of carbonyl (C=O) groups excluding carboxylic acids is 2. The Morgan fingerprint density at radius 2 is 1.07 bits per heavy atom. The first kappa shape index (κ1) is 31.6. The molecule has 0 heterocycles. The van der Waals surface area contributed by atoms with E-state index < -0.39 is 69.9 Å². The molecule has 3 aromatic carbocycles. The van der Waals surface area contributed by atoms with Crippen LogP contribution in [0.25, 0.3) is 0 Å². The van der Waals surface area contributed by atoms with Crippen molar-refractivity contribution in [3.63, 3.8) is 0 Å². The first-order valence-corrected chi connectivity index (χ1v) is 11.7. The van der Waals surface area contributed by atoms with Crippen molar-refractivity contribution in [2.75, 3.05) is 12.4 Å². The standard InChI is InChI=1S/C28H21F10NO2/c1-16(40)25(29,30)20-4-3-5-21(15-20)26(31,32)23(41)14-17-6-8-18(9-7-17)24(27(33,34)35,28(36,37)38)19-10-12-22(39-2)13-11-19/h3-13,15,39H,14H2,1-2H3. The van der Waals surface area contributed by atoms with Crippen molar-refractivity contribution in [2.45, 2.75) is 43.0 Å². The lowest BCUT2D eigenvalue weighted by atomic mass is 9.72. The summed E-state index contributed by atoms with van der Waals surface area (Å²) in [6, 6.07) is 8.07. The van der Waals surface area contributed by atoms with E-state index >= 15 is 0 Å². The molecule has 41 heavy (non-hydrogen) atoms. The molecular weight excluding hydrogens is 572 g/mol. The van der Waals surface area contributed by atoms with Gasteiger partial charge in [-0.3, -0.25) is 9.59 Å². The van der Waals surface area contributed by atoms with Crippen LogP contribution in [0.15, 0.2) is 72.8 Å². The SMILES string of the molecule is CNc1ccc(C(c2ccc(CC(=O)C(F)(F)c3cccc(C(F)(F)C(C)=O)c3)cc2)(C(F)(F)F)C(F)(F)F)cc1. The van der Waals surface area contributed by atoms with Crippen LogP contribution in [-0.4, -0.2) is 31.0 Å². The van der Waals surface area contributed by atoms with Gasteiger partial charge in [0.05, 0.1) is 0 Å². The molecule has 3 rings (SSSR count). The second-order valence-corrected chi connectivity index (χ2v) is 9.16. The lowest BCUT2D eigenvalue weighted by Crippen LogP contribution is -2.54. The molecule has 0 fully saturated rings. The zero-order valence-corrected chi connectivity index (χ0v) is 21.2. The summed E-state index contributed by atoms with van der Waals surface area (Å²) in [7, 11) is 1.41. The topological polar surface area (TPSA) is 46.2 Å². The minimum Gasteiger partial charge on any atom is -0.388 e. The molecule has 0 atom stereocenters. The molecular formula is C28H21F10NO2. The molecule has 0 unspecified atom stereocenters. The first-order valence-electron chi connectivity index (χ1n) is 11.7. The summed E-state index contributed by atoms with van der Waals surface area (Å²) in [6.45, 7) is 0.545. The van der Waals surface area contributed by atoms with Crippen LogP contribution in [0.5, 0.6) is 0 Å². The lowest BCUT2D eigenvalue weighted by molar-refractivity contribution is -0.288. The van der Waals surface area contributed by atoms with Gasteiger partial charge in [0.15, 0.2) is 0 Å². The number of benzene rings is 3. The zero-order valence-electron chi connectivity index (χ0n) is 21.2. The molecule has 0 aliphatic rings. The second kappa shape index (κ2) is 10.8. The van der Waals surface area contributed by atoms with Crippen LogP contribution in [0.4, 0.5) is 49.6 Å². The Balaban J connectivity index is 2.00. The highest BCUT2D eigenvalue weighted by molar-refractivity contribution is 5.89. The van der Waals surface area contributed by atoms with Gasteiger partial charge in [-0.25, -0.2) is 0 Å². The van der Waals surface area contributed by atoms with Crippen LogP contribution >= 0.6 is 0 Å². The Hall–Kier alpha value is -3.90. The number of ketones is 2. The van der Waals surface area contributed by atoms with Crippen molar-refractivity contribution in [3.8, 4) is 0 Å². The molecule has 0 aliphatic carbocycles. The van der Waals surface area contributed by atoms with Gasteiger partial charge in [-0.15, -0.1) is 0 Å². The van der Waals surface area contributed by atoms with Gasteiger partial charge in [-0.05, 0) is 34.9 Å². The van der Waals surface area contributed by atoms with Crippen molar-refractivity contribution in [3.05, 3.63) is 101 Å². The van der Waals surface area contributed by atoms with Gasteiger partial charge in [0.25, 0.3) is 0 Å². The lowest BCUT2D eigenvalue weighted by Gasteiger charge is -2.38. The van der Waals surface area contributed by atoms with Crippen LogP contribution in [0, 0.1) is 0 Å². The summed E-state index contributed by atoms with van der Waals surface area (Å²) in [5.74, 6) is -12.0. The van der Waals surface area contributed by atoms with Gasteiger partial charge >= 0.3 is 24.2 Å². The minimum absolute atomic E-state index is 0.248. The highest BCUT2D eigenvalue weighted by Crippen LogP contribution is 2.56. The Morgan fingerprint density at radius 3 is 1.49 bits per heavy atom. The van der Waals surface area contributed by atoms with Crippen LogP contribution in [0.1, 0.15) is 34.7 Å². The van der Waals surface area contributed by atoms with Gasteiger partial charge in [-0.2, -0.15) is 43.9 Å². The van der Waals surface area contributed by atoms with E-state index in [1.54, 1.807) is 0 Å². The Morgan fingerprint density at radius 1 is 0.634 bits per heavy atom. The summed E-state index contributed by atoms with van der Waals surface area (Å²) in [4.78, 5) is 23.6. The second-order valence-electron chi connectivity index (χ2n) is 9.16. The number of halogens is 10. The molecule has 0 bridgehead atoms. The first-order chi connectivity index (χ1) is 18.8. The molecule has 0 saturated heterocycles. The maximum Gasteiger partial charge on any atom is 0.411 e. The Labute approximate surface area is 227 Å². The number of Topliss-reactive ketones (excluding diaryl/α,β-unsaturated/α-hetero) is 2. The smallest absolute Gasteiger partial charge is 0.388 e. The highest BCUT2D eigenvalue weighted by atomic mass is 19.4. The third-order valence-electron chi connectivity index (χ3n) is 6.59. The summed E-state index contributed by atoms with van der Waals surface area (Å²) in [5.41, 5.74) is -9.26. The van der Waals surface area contributed by atoms with E-state index in [1.807, 2.05) is 0 Å². The highest BCUT2D eigenvalue weighted by Gasteiger charge is 2.72. The van der Waals surface area contributed by atoms with Crippen LogP contribution in [0.3, 0.4) is 0 Å². The molecule has 3 nitrogen and oxygen atoms in total. The predicted octanol–water partition coefficient (Wildman–Crippen LogP) is 7.72. The fraction of sp³-hybridized carbons (Fsp3) is 0.286. The van der Waals surface area contributed by atoms with Gasteiger partial charge in [0.1, 0.15) is 0 Å². The number of alkyl halides is 10. The maximum atomic E-state index is 14.9. The molecule has 0 spiro atoms. The zero-order chi connectivity index (χ0) is 31.0. The van der Waals surface area contributed by atoms with E-state index in [9.17, 15) is 53.5 Å². The van der Waals surface area contributed by atoms with Crippen molar-refractivity contribution in [2.24, 2.45) is 0 Å². The largest absolute Gasteiger partial charge is 0.411 e. The van der Waals surface area contributed by atoms with Crippen molar-refractivity contribution in [1.29, 1.82) is 0 Å². The van der Waals surface area contributed by atoms with Gasteiger partial charge in [-0.1, -0.05) is 54.6 Å². The molecule has 3 aromatic rings. The molecule has 0 saturated carbocycles. The van der Waals surface area contributed by atoms with Crippen LogP contribution in [-0.2, 0) is 33.3 Å². The normalized spacial score (nSPS) is 13.2. The number of carbonyl (C=O) groups is 2. The molecule has 0 radical (unpaired) electrons. The quantitative estimate of drug-likeness (QED) is 0.259. The fourth-order valence-electron chi connectivity index (χ4n) is 4.31. The summed E-state index contributed by atoms with van der Waals surface area (Å²) < 4.78 is 143. The van der Waals surface area contributed by atoms with Gasteiger partial charge in [0.2, 0.25) is 17.0 Å². The molecule has 0 amide bonds. The van der Waals surface area contributed by atoms with Crippen molar-refractivity contribution in [1.82, 2.24) is 0 Å². The fourth-order valence-corrected chi connectivity index (χ4v) is 4.31. The number of anilines is 1. The van der Waals surface area contributed by atoms with Gasteiger partial charge < -0.3 is 5.32 Å². The third kappa shape index (κ3) is 5.66. The predicted molar refractivity (Wildman–Crippen MR) is 129 cm³/mol. The van der Waals surface area contributed by atoms with Gasteiger partial charge in [0, 0.05) is 37.2 Å². The molecule has 1 N–H and O–H groups in total. The maximum absolute atomic E-state index is 14.9. The average Bonchev–Trinajstić information content (AvgIpc) is 2.88. The van der Waals surface area contributed by atoms with E-state index in [0.717, 1.165) is 18.2 Å². The van der Waals surface area contributed by atoms with E-state index in [1.165, 1.54) is 7.05 Å². The molecule has 220 valence electrons. The van der Waals surface area contributed by atoms with E-state index in [4.69, 9.17) is 0 Å². The van der Waals surface area contributed by atoms with Crippen molar-refractivity contribution >= 4 is 17.3 Å². The van der Waals surface area contributed by atoms with E-state index in [2.05, 4.69) is 5.32 Å². The minimum atomic E-state index is -5.89.